The first kappa shape index (κ1) is 17.4. The molecule has 0 fully saturated rings. The van der Waals surface area contributed by atoms with Crippen molar-refractivity contribution in [2.45, 2.75) is 18.9 Å². The highest BCUT2D eigenvalue weighted by atomic mass is 16.4. The maximum atomic E-state index is 10.3. The predicted octanol–water partition coefficient (Wildman–Crippen LogP) is -0.369. The van der Waals surface area contributed by atoms with Crippen LogP contribution in [0.25, 0.3) is 0 Å². The van der Waals surface area contributed by atoms with Crippen LogP contribution in [0.4, 0.5) is 5.69 Å². The number of nitrogens with two attached hydrogens (primary N) is 3. The first-order valence-electron chi connectivity index (χ1n) is 5.60. The Labute approximate surface area is 115 Å². The quantitative estimate of drug-likeness (QED) is 0.459. The van der Waals surface area contributed by atoms with Crippen molar-refractivity contribution in [3.05, 3.63) is 29.8 Å². The van der Waals surface area contributed by atoms with Gasteiger partial charge in [0.2, 0.25) is 5.91 Å². The molecule has 8 nitrogen and oxygen atoms in total. The first-order valence-corrected chi connectivity index (χ1v) is 5.60. The highest BCUT2D eigenvalue weighted by Crippen LogP contribution is 2.09. The molecule has 110 valence electrons. The molecular formula is C12H17N3O5. The summed E-state index contributed by atoms with van der Waals surface area (Å²) in [6, 6.07) is 5.38. The van der Waals surface area contributed by atoms with E-state index in [1.54, 1.807) is 18.2 Å². The lowest BCUT2D eigenvalue weighted by atomic mass is 10.2. The molecule has 1 aromatic carbocycles. The van der Waals surface area contributed by atoms with E-state index in [1.807, 2.05) is 0 Å². The number of para-hydroxylation sites is 1. The second-order valence-electron chi connectivity index (χ2n) is 3.84. The monoisotopic (exact) mass is 283 g/mol. The van der Waals surface area contributed by atoms with Crippen LogP contribution in [0.1, 0.15) is 23.2 Å². The van der Waals surface area contributed by atoms with Gasteiger partial charge in [-0.2, -0.15) is 0 Å². The molecule has 0 radical (unpaired) electrons. The molecule has 8 heteroatoms. The maximum absolute atomic E-state index is 10.3. The Morgan fingerprint density at radius 1 is 1.15 bits per heavy atom. The molecule has 0 aliphatic rings. The van der Waals surface area contributed by atoms with Crippen molar-refractivity contribution in [1.82, 2.24) is 0 Å². The van der Waals surface area contributed by atoms with Gasteiger partial charge in [-0.3, -0.25) is 9.59 Å². The lowest BCUT2D eigenvalue weighted by Crippen LogP contribution is -2.31. The summed E-state index contributed by atoms with van der Waals surface area (Å²) in [6.45, 7) is 0. The number of aromatic carboxylic acids is 1. The molecule has 0 saturated heterocycles. The van der Waals surface area contributed by atoms with Gasteiger partial charge >= 0.3 is 11.9 Å². The summed E-state index contributed by atoms with van der Waals surface area (Å²) >= 11 is 0. The average molecular weight is 283 g/mol. The van der Waals surface area contributed by atoms with Crippen molar-refractivity contribution in [2.24, 2.45) is 11.5 Å². The third-order valence-corrected chi connectivity index (χ3v) is 2.21. The normalized spacial score (nSPS) is 10.8. The van der Waals surface area contributed by atoms with Gasteiger partial charge in [0.05, 0.1) is 5.56 Å². The van der Waals surface area contributed by atoms with Gasteiger partial charge in [0.1, 0.15) is 6.04 Å². The highest BCUT2D eigenvalue weighted by molar-refractivity contribution is 5.93. The van der Waals surface area contributed by atoms with Crippen molar-refractivity contribution in [3.63, 3.8) is 0 Å². The molecule has 0 aliphatic heterocycles. The lowest BCUT2D eigenvalue weighted by molar-refractivity contribution is -0.138. The minimum atomic E-state index is -1.11. The number of hydrogen-bond donors (Lipinski definition) is 5. The average Bonchev–Trinajstić information content (AvgIpc) is 2.36. The minimum absolute atomic E-state index is 0.0213. The summed E-state index contributed by atoms with van der Waals surface area (Å²) < 4.78 is 0. The summed E-state index contributed by atoms with van der Waals surface area (Å²) in [4.78, 5) is 30.5. The number of amides is 1. The van der Waals surface area contributed by atoms with Crippen LogP contribution in [-0.2, 0) is 9.59 Å². The summed E-state index contributed by atoms with van der Waals surface area (Å²) in [5.41, 5.74) is 15.6. The minimum Gasteiger partial charge on any atom is -0.480 e. The number of carboxylic acid groups (broad SMARTS) is 2. The van der Waals surface area contributed by atoms with E-state index in [9.17, 15) is 14.4 Å². The van der Waals surface area contributed by atoms with E-state index in [0.717, 1.165) is 0 Å². The molecule has 1 rings (SSSR count). The molecule has 0 saturated carbocycles. The molecule has 1 amide bonds. The van der Waals surface area contributed by atoms with Crippen LogP contribution in [0.5, 0.6) is 0 Å². The Bertz CT molecular complexity index is 490. The van der Waals surface area contributed by atoms with Gasteiger partial charge in [0.25, 0.3) is 0 Å². The molecule has 0 aliphatic carbocycles. The second kappa shape index (κ2) is 8.48. The van der Waals surface area contributed by atoms with Crippen LogP contribution in [0.15, 0.2) is 24.3 Å². The van der Waals surface area contributed by atoms with Gasteiger partial charge in [0.15, 0.2) is 0 Å². The Balaban J connectivity index is 0.000000361. The van der Waals surface area contributed by atoms with Crippen molar-refractivity contribution < 1.29 is 24.6 Å². The van der Waals surface area contributed by atoms with Crippen LogP contribution < -0.4 is 17.2 Å². The zero-order valence-electron chi connectivity index (χ0n) is 10.7. The van der Waals surface area contributed by atoms with Crippen molar-refractivity contribution in [3.8, 4) is 0 Å². The molecule has 0 heterocycles. The van der Waals surface area contributed by atoms with E-state index >= 15 is 0 Å². The fourth-order valence-electron chi connectivity index (χ4n) is 1.11. The number of carboxylic acids is 2. The Morgan fingerprint density at radius 2 is 1.70 bits per heavy atom. The van der Waals surface area contributed by atoms with Crippen molar-refractivity contribution >= 4 is 23.5 Å². The highest BCUT2D eigenvalue weighted by Gasteiger charge is 2.11. The van der Waals surface area contributed by atoms with Gasteiger partial charge < -0.3 is 27.4 Å². The number of rotatable bonds is 5. The summed E-state index contributed by atoms with van der Waals surface area (Å²) in [6.07, 6.45) is 0.123. The molecule has 1 aromatic rings. The summed E-state index contributed by atoms with van der Waals surface area (Å²) in [5.74, 6) is -2.63. The number of benzene rings is 1. The molecule has 1 unspecified atom stereocenters. The van der Waals surface area contributed by atoms with E-state index in [-0.39, 0.29) is 18.4 Å². The zero-order chi connectivity index (χ0) is 15.7. The van der Waals surface area contributed by atoms with Gasteiger partial charge in [-0.1, -0.05) is 12.1 Å². The zero-order valence-corrected chi connectivity index (χ0v) is 10.7. The standard InChI is InChI=1S/C7H7NO2.C5H10N2O3/c8-6-4-2-1-3-5(6)7(9)10;6-3(5(9)10)1-2-4(7)8/h1-4H,8H2,(H,9,10);3H,1-2,6H2,(H2,7,8)(H,9,10). The Kier molecular flexibility index (Phi) is 7.38. The molecule has 0 bridgehead atoms. The van der Waals surface area contributed by atoms with E-state index in [1.165, 1.54) is 6.07 Å². The molecular weight excluding hydrogens is 266 g/mol. The van der Waals surface area contributed by atoms with Crippen LogP contribution in [0, 0.1) is 0 Å². The largest absolute Gasteiger partial charge is 0.480 e. The van der Waals surface area contributed by atoms with Crippen molar-refractivity contribution in [2.75, 3.05) is 5.73 Å². The van der Waals surface area contributed by atoms with Crippen LogP contribution in [-0.4, -0.2) is 34.1 Å². The number of carbonyl (C=O) groups is 3. The van der Waals surface area contributed by atoms with E-state index in [0.29, 0.717) is 5.69 Å². The Morgan fingerprint density at radius 3 is 2.05 bits per heavy atom. The fourth-order valence-corrected chi connectivity index (χ4v) is 1.11. The van der Waals surface area contributed by atoms with Gasteiger partial charge in [-0.05, 0) is 18.6 Å². The topological polar surface area (TPSA) is 170 Å². The first-order chi connectivity index (χ1) is 9.25. The Hall–Kier alpha value is -2.61. The molecule has 20 heavy (non-hydrogen) atoms. The molecule has 1 atom stereocenters. The number of primary amides is 1. The van der Waals surface area contributed by atoms with Crippen LogP contribution in [0.2, 0.25) is 0 Å². The fraction of sp³-hybridized carbons (Fsp3) is 0.250. The van der Waals surface area contributed by atoms with Gasteiger partial charge in [-0.15, -0.1) is 0 Å². The third kappa shape index (κ3) is 6.97. The van der Waals surface area contributed by atoms with Gasteiger partial charge in [0, 0.05) is 12.1 Å². The van der Waals surface area contributed by atoms with E-state index in [2.05, 4.69) is 0 Å². The third-order valence-electron chi connectivity index (χ3n) is 2.21. The number of aliphatic carboxylic acids is 1. The summed E-state index contributed by atoms with van der Waals surface area (Å²) in [7, 11) is 0. The van der Waals surface area contributed by atoms with Crippen molar-refractivity contribution in [1.29, 1.82) is 0 Å². The van der Waals surface area contributed by atoms with Crippen LogP contribution >= 0.6 is 0 Å². The van der Waals surface area contributed by atoms with Gasteiger partial charge in [-0.25, -0.2) is 4.79 Å². The number of nitrogen functional groups attached to an aromatic ring is 1. The smallest absolute Gasteiger partial charge is 0.337 e. The predicted molar refractivity (Wildman–Crippen MR) is 71.9 cm³/mol. The lowest BCUT2D eigenvalue weighted by Gasteiger charge is -2.01. The maximum Gasteiger partial charge on any atom is 0.337 e. The van der Waals surface area contributed by atoms with Crippen LogP contribution in [0.3, 0.4) is 0 Å². The number of hydrogen-bond acceptors (Lipinski definition) is 5. The summed E-state index contributed by atoms with van der Waals surface area (Å²) in [5, 5.41) is 16.7. The number of anilines is 1. The van der Waals surface area contributed by atoms with E-state index in [4.69, 9.17) is 27.4 Å². The second-order valence-corrected chi connectivity index (χ2v) is 3.84. The number of carbonyl (C=O) groups excluding carboxylic acids is 1. The van der Waals surface area contributed by atoms with E-state index < -0.39 is 23.9 Å². The molecule has 0 spiro atoms. The molecule has 0 aromatic heterocycles. The molecule has 8 N–H and O–H groups in total. The SMILES string of the molecule is NC(=O)CCC(N)C(=O)O.Nc1ccccc1C(=O)O.